The van der Waals surface area contributed by atoms with Gasteiger partial charge in [-0.05, 0) is 24.9 Å². The van der Waals surface area contributed by atoms with E-state index in [2.05, 4.69) is 15.2 Å². The molecule has 2 aromatic rings. The van der Waals surface area contributed by atoms with Gasteiger partial charge in [0.15, 0.2) is 5.58 Å². The zero-order valence-electron chi connectivity index (χ0n) is 10.8. The summed E-state index contributed by atoms with van der Waals surface area (Å²) in [5.74, 6) is 0.447. The van der Waals surface area contributed by atoms with Crippen LogP contribution >= 0.6 is 11.6 Å². The van der Waals surface area contributed by atoms with Gasteiger partial charge >= 0.3 is 0 Å². The minimum absolute atomic E-state index is 0.136. The maximum absolute atomic E-state index is 12.3. The van der Waals surface area contributed by atoms with Gasteiger partial charge in [-0.15, -0.1) is 0 Å². The lowest BCUT2D eigenvalue weighted by Gasteiger charge is -2.22. The number of rotatable bonds is 2. The lowest BCUT2D eigenvalue weighted by molar-refractivity contribution is 0.0919. The fourth-order valence-corrected chi connectivity index (χ4v) is 3.41. The summed E-state index contributed by atoms with van der Waals surface area (Å²) in [5, 5.41) is 4.31. The third-order valence-corrected chi connectivity index (χ3v) is 4.59. The van der Waals surface area contributed by atoms with E-state index in [1.807, 2.05) is 0 Å². The second-order valence-corrected chi connectivity index (χ2v) is 5.94. The third kappa shape index (κ3) is 1.89. The molecule has 0 saturated carbocycles. The van der Waals surface area contributed by atoms with Crippen molar-refractivity contribution in [1.29, 1.82) is 0 Å². The monoisotopic (exact) mass is 291 g/mol. The van der Waals surface area contributed by atoms with Gasteiger partial charge in [0.1, 0.15) is 12.0 Å². The Morgan fingerprint density at radius 3 is 3.15 bits per heavy atom. The van der Waals surface area contributed by atoms with Crippen molar-refractivity contribution in [3.63, 3.8) is 0 Å². The Hall–Kier alpha value is -1.59. The van der Waals surface area contributed by atoms with Crippen molar-refractivity contribution >= 4 is 28.5 Å². The number of pyridine rings is 1. The first-order valence-electron chi connectivity index (χ1n) is 6.76. The number of carbonyl (C=O) groups is 1. The van der Waals surface area contributed by atoms with E-state index in [9.17, 15) is 4.79 Å². The number of carbonyl (C=O) groups excluding carboxylic acids is 1. The van der Waals surface area contributed by atoms with Crippen LogP contribution in [0.1, 0.15) is 16.9 Å². The Morgan fingerprint density at radius 1 is 1.50 bits per heavy atom. The van der Waals surface area contributed by atoms with Gasteiger partial charge in [0.2, 0.25) is 0 Å². The maximum Gasteiger partial charge on any atom is 0.270 e. The number of hydrogen-bond acceptors (Lipinski definition) is 4. The number of aromatic nitrogens is 1. The summed E-state index contributed by atoms with van der Waals surface area (Å²) in [5.41, 5.74) is 0.983. The van der Waals surface area contributed by atoms with E-state index in [4.69, 9.17) is 16.0 Å². The molecular weight excluding hydrogens is 278 g/mol. The molecule has 2 saturated heterocycles. The summed E-state index contributed by atoms with van der Waals surface area (Å²) in [4.78, 5) is 18.8. The predicted octanol–water partition coefficient (Wildman–Crippen LogP) is 1.92. The van der Waals surface area contributed by atoms with Crippen LogP contribution in [-0.4, -0.2) is 41.5 Å². The quantitative estimate of drug-likeness (QED) is 0.918. The van der Waals surface area contributed by atoms with Gasteiger partial charge < -0.3 is 14.6 Å². The molecule has 2 fully saturated rings. The summed E-state index contributed by atoms with van der Waals surface area (Å²) in [6, 6.07) is 1.93. The van der Waals surface area contributed by atoms with Gasteiger partial charge in [-0.3, -0.25) is 4.79 Å². The molecule has 0 aliphatic carbocycles. The number of nitrogens with one attached hydrogen (secondary N) is 1. The van der Waals surface area contributed by atoms with Crippen LogP contribution in [0.3, 0.4) is 0 Å². The average Bonchev–Trinajstić information content (AvgIpc) is 3.15. The fraction of sp³-hybridized carbons (Fsp3) is 0.429. The average molecular weight is 292 g/mol. The molecule has 104 valence electrons. The number of nitrogens with zero attached hydrogens (tertiary/aromatic N) is 2. The number of halogens is 1. The second kappa shape index (κ2) is 4.46. The zero-order chi connectivity index (χ0) is 13.7. The van der Waals surface area contributed by atoms with E-state index in [-0.39, 0.29) is 11.9 Å². The van der Waals surface area contributed by atoms with Crippen molar-refractivity contribution in [2.24, 2.45) is 5.92 Å². The molecule has 2 bridgehead atoms. The SMILES string of the molecule is O=C(N[C@H]1CN2CC[C@H]1C2)c1cc2c(Cl)coc2cn1. The topological polar surface area (TPSA) is 58.4 Å². The summed E-state index contributed by atoms with van der Waals surface area (Å²) in [7, 11) is 0. The van der Waals surface area contributed by atoms with E-state index in [1.54, 1.807) is 12.3 Å². The molecule has 20 heavy (non-hydrogen) atoms. The van der Waals surface area contributed by atoms with Crippen molar-refractivity contribution < 1.29 is 9.21 Å². The molecule has 2 aliphatic heterocycles. The van der Waals surface area contributed by atoms with E-state index >= 15 is 0 Å². The molecule has 0 radical (unpaired) electrons. The molecule has 2 aliphatic rings. The molecule has 4 heterocycles. The smallest absolute Gasteiger partial charge is 0.270 e. The number of hydrogen-bond donors (Lipinski definition) is 1. The number of amides is 1. The van der Waals surface area contributed by atoms with Gasteiger partial charge in [0.25, 0.3) is 5.91 Å². The second-order valence-electron chi connectivity index (χ2n) is 5.54. The van der Waals surface area contributed by atoms with Crippen molar-refractivity contribution in [3.05, 3.63) is 29.2 Å². The highest BCUT2D eigenvalue weighted by atomic mass is 35.5. The molecule has 1 unspecified atom stereocenters. The first-order chi connectivity index (χ1) is 9.70. The summed E-state index contributed by atoms with van der Waals surface area (Å²) in [6.45, 7) is 3.21. The first kappa shape index (κ1) is 12.2. The highest BCUT2D eigenvalue weighted by molar-refractivity contribution is 6.35. The zero-order valence-corrected chi connectivity index (χ0v) is 11.6. The molecule has 3 atom stereocenters. The van der Waals surface area contributed by atoms with Gasteiger partial charge in [0, 0.05) is 24.5 Å². The van der Waals surface area contributed by atoms with Gasteiger partial charge in [0.05, 0.1) is 11.2 Å². The van der Waals surface area contributed by atoms with Crippen molar-refractivity contribution in [2.45, 2.75) is 12.5 Å². The number of furan rings is 1. The Morgan fingerprint density at radius 2 is 2.40 bits per heavy atom. The molecule has 1 amide bonds. The Balaban J connectivity index is 1.56. The first-order valence-corrected chi connectivity index (χ1v) is 7.14. The van der Waals surface area contributed by atoms with Crippen molar-refractivity contribution in [2.75, 3.05) is 19.6 Å². The summed E-state index contributed by atoms with van der Waals surface area (Å²) < 4.78 is 5.22. The van der Waals surface area contributed by atoms with Crippen LogP contribution in [0.5, 0.6) is 0 Å². The predicted molar refractivity (Wildman–Crippen MR) is 74.8 cm³/mol. The molecule has 5 nitrogen and oxygen atoms in total. The number of fused-ring (bicyclic) bond motifs is 3. The van der Waals surface area contributed by atoms with Gasteiger partial charge in [-0.1, -0.05) is 11.6 Å². The molecule has 6 heteroatoms. The van der Waals surface area contributed by atoms with E-state index in [1.165, 1.54) is 12.7 Å². The van der Waals surface area contributed by atoms with Crippen molar-refractivity contribution in [1.82, 2.24) is 15.2 Å². The number of piperidine rings is 1. The lowest BCUT2D eigenvalue weighted by atomic mass is 10.00. The van der Waals surface area contributed by atoms with Crippen LogP contribution in [0.15, 0.2) is 22.9 Å². The molecule has 0 spiro atoms. The maximum atomic E-state index is 12.3. The Labute approximate surface area is 120 Å². The third-order valence-electron chi connectivity index (χ3n) is 4.30. The van der Waals surface area contributed by atoms with Crippen molar-refractivity contribution in [3.8, 4) is 0 Å². The largest absolute Gasteiger partial charge is 0.461 e. The Bertz CT molecular complexity index is 684. The van der Waals surface area contributed by atoms with Gasteiger partial charge in [-0.25, -0.2) is 4.98 Å². The highest BCUT2D eigenvalue weighted by Gasteiger charge is 2.38. The summed E-state index contributed by atoms with van der Waals surface area (Å²) in [6.07, 6.45) is 4.17. The van der Waals surface area contributed by atoms with Crippen LogP contribution in [0, 0.1) is 5.92 Å². The van der Waals surface area contributed by atoms with E-state index in [0.29, 0.717) is 22.2 Å². The normalized spacial score (nSPS) is 28.1. The minimum Gasteiger partial charge on any atom is -0.461 e. The minimum atomic E-state index is -0.136. The Kier molecular flexibility index (Phi) is 2.72. The van der Waals surface area contributed by atoms with Crippen LogP contribution in [0.2, 0.25) is 5.02 Å². The van der Waals surface area contributed by atoms with Crippen LogP contribution in [0.4, 0.5) is 0 Å². The highest BCUT2D eigenvalue weighted by Crippen LogP contribution is 2.28. The fourth-order valence-electron chi connectivity index (χ4n) is 3.22. The summed E-state index contributed by atoms with van der Waals surface area (Å²) >= 11 is 6.01. The molecule has 0 aromatic carbocycles. The standard InChI is InChI=1S/C14H14ClN3O2/c15-10-7-20-13-4-16-11(3-9(10)13)14(19)17-12-6-18-2-1-8(12)5-18/h3-4,7-8,12H,1-2,5-6H2,(H,17,19)/t8-,12-/m0/s1. The van der Waals surface area contributed by atoms with Crippen LogP contribution < -0.4 is 5.32 Å². The van der Waals surface area contributed by atoms with Crippen LogP contribution in [0.25, 0.3) is 11.0 Å². The molecule has 2 aromatic heterocycles. The van der Waals surface area contributed by atoms with Gasteiger partial charge in [-0.2, -0.15) is 0 Å². The molecule has 1 N–H and O–H groups in total. The molecule has 4 rings (SSSR count). The lowest BCUT2D eigenvalue weighted by Crippen LogP contribution is -2.43. The van der Waals surface area contributed by atoms with E-state index in [0.717, 1.165) is 25.0 Å². The molecular formula is C14H14ClN3O2. The van der Waals surface area contributed by atoms with E-state index < -0.39 is 0 Å². The van der Waals surface area contributed by atoms with Crippen LogP contribution in [-0.2, 0) is 0 Å².